The van der Waals surface area contributed by atoms with E-state index in [0.717, 1.165) is 5.56 Å². The van der Waals surface area contributed by atoms with E-state index in [1.807, 2.05) is 0 Å². The summed E-state index contributed by atoms with van der Waals surface area (Å²) < 4.78 is 41.9. The molecule has 1 aromatic carbocycles. The minimum Gasteiger partial charge on any atom is -0.497 e. The van der Waals surface area contributed by atoms with Crippen LogP contribution in [0.5, 0.6) is 5.75 Å². The summed E-state index contributed by atoms with van der Waals surface area (Å²) >= 11 is 0. The maximum Gasteiger partial charge on any atom is 0.390 e. The Morgan fingerprint density at radius 3 is 2.59 bits per heavy atom. The Morgan fingerprint density at radius 1 is 1.35 bits per heavy atom. The zero-order chi connectivity index (χ0) is 12.9. The van der Waals surface area contributed by atoms with Crippen molar-refractivity contribution in [3.05, 3.63) is 29.8 Å². The first-order chi connectivity index (χ1) is 7.94. The third-order valence-electron chi connectivity index (χ3n) is 2.50. The molecule has 96 valence electrons. The normalized spacial score (nSPS) is 13.5. The van der Waals surface area contributed by atoms with E-state index in [1.165, 1.54) is 14.2 Å². The highest BCUT2D eigenvalue weighted by Crippen LogP contribution is 2.23. The van der Waals surface area contributed by atoms with Crippen molar-refractivity contribution in [3.8, 4) is 5.75 Å². The first kappa shape index (κ1) is 13.8. The molecule has 1 atom stereocenters. The highest BCUT2D eigenvalue weighted by Gasteiger charge is 2.31. The van der Waals surface area contributed by atoms with E-state index >= 15 is 0 Å². The van der Waals surface area contributed by atoms with Gasteiger partial charge in [0.15, 0.2) is 0 Å². The number of halogens is 3. The van der Waals surface area contributed by atoms with Crippen LogP contribution in [0.15, 0.2) is 24.3 Å². The minimum absolute atomic E-state index is 0.327. The van der Waals surface area contributed by atoms with Crippen LogP contribution in [0, 0.1) is 0 Å². The van der Waals surface area contributed by atoms with Gasteiger partial charge in [-0.25, -0.2) is 0 Å². The van der Waals surface area contributed by atoms with Crippen LogP contribution < -0.4 is 10.1 Å². The number of likely N-dealkylation sites (N-methyl/N-ethyl adjacent to an activating group) is 1. The lowest BCUT2D eigenvalue weighted by molar-refractivity contribution is -0.139. The van der Waals surface area contributed by atoms with E-state index in [1.54, 1.807) is 24.3 Å². The molecular weight excluding hydrogens is 231 g/mol. The Morgan fingerprint density at radius 2 is 2.06 bits per heavy atom. The third kappa shape index (κ3) is 5.08. The van der Waals surface area contributed by atoms with Crippen molar-refractivity contribution < 1.29 is 17.9 Å². The molecule has 0 amide bonds. The minimum atomic E-state index is -4.15. The van der Waals surface area contributed by atoms with Crippen LogP contribution in [0.1, 0.15) is 12.0 Å². The number of hydrogen-bond donors (Lipinski definition) is 1. The average Bonchev–Trinajstić information content (AvgIpc) is 2.26. The number of alkyl halides is 3. The second kappa shape index (κ2) is 5.91. The average molecular weight is 247 g/mol. The van der Waals surface area contributed by atoms with Gasteiger partial charge in [-0.15, -0.1) is 0 Å². The summed E-state index contributed by atoms with van der Waals surface area (Å²) in [7, 11) is 3.07. The van der Waals surface area contributed by atoms with Gasteiger partial charge in [0.2, 0.25) is 0 Å². The molecule has 1 N–H and O–H groups in total. The Labute approximate surface area is 98.8 Å². The topological polar surface area (TPSA) is 21.3 Å². The third-order valence-corrected chi connectivity index (χ3v) is 2.50. The number of ether oxygens (including phenoxy) is 1. The van der Waals surface area contributed by atoms with Gasteiger partial charge in [0.05, 0.1) is 13.5 Å². The Hall–Kier alpha value is -1.23. The highest BCUT2D eigenvalue weighted by molar-refractivity contribution is 5.28. The number of methoxy groups -OCH3 is 1. The molecule has 1 aromatic rings. The molecule has 0 saturated carbocycles. The standard InChI is InChI=1S/C12H16F3NO/c1-16-10(8-12(13,14)15)6-9-4-3-5-11(7-9)17-2/h3-5,7,10,16H,6,8H2,1-2H3. The molecule has 0 aromatic heterocycles. The van der Waals surface area contributed by atoms with E-state index in [-0.39, 0.29) is 0 Å². The molecule has 0 bridgehead atoms. The monoisotopic (exact) mass is 247 g/mol. The summed E-state index contributed by atoms with van der Waals surface area (Å²) in [4.78, 5) is 0. The summed E-state index contributed by atoms with van der Waals surface area (Å²) in [5, 5.41) is 2.68. The lowest BCUT2D eigenvalue weighted by atomic mass is 10.0. The van der Waals surface area contributed by atoms with Gasteiger partial charge in [-0.1, -0.05) is 12.1 Å². The second-order valence-electron chi connectivity index (χ2n) is 3.86. The molecule has 1 unspecified atom stereocenters. The molecule has 0 saturated heterocycles. The number of rotatable bonds is 5. The summed E-state index contributed by atoms with van der Waals surface area (Å²) in [5.41, 5.74) is 0.827. The van der Waals surface area contributed by atoms with Gasteiger partial charge in [0.1, 0.15) is 5.75 Å². The van der Waals surface area contributed by atoms with E-state index < -0.39 is 18.6 Å². The molecule has 17 heavy (non-hydrogen) atoms. The molecule has 2 nitrogen and oxygen atoms in total. The number of benzene rings is 1. The van der Waals surface area contributed by atoms with Gasteiger partial charge in [-0.3, -0.25) is 0 Å². The van der Waals surface area contributed by atoms with Crippen LogP contribution in [-0.2, 0) is 6.42 Å². The van der Waals surface area contributed by atoms with Crippen LogP contribution in [0.25, 0.3) is 0 Å². The van der Waals surface area contributed by atoms with Crippen LogP contribution in [0.3, 0.4) is 0 Å². The molecule has 0 aliphatic heterocycles. The SMILES string of the molecule is CNC(Cc1cccc(OC)c1)CC(F)(F)F. The zero-order valence-corrected chi connectivity index (χ0v) is 9.84. The van der Waals surface area contributed by atoms with Crippen molar-refractivity contribution in [2.75, 3.05) is 14.2 Å². The largest absolute Gasteiger partial charge is 0.497 e. The summed E-state index contributed by atoms with van der Waals surface area (Å²) in [6, 6.07) is 6.47. The fraction of sp³-hybridized carbons (Fsp3) is 0.500. The second-order valence-corrected chi connectivity index (χ2v) is 3.86. The highest BCUT2D eigenvalue weighted by atomic mass is 19.4. The van der Waals surface area contributed by atoms with Crippen LogP contribution in [0.4, 0.5) is 13.2 Å². The Kier molecular flexibility index (Phi) is 4.81. The van der Waals surface area contributed by atoms with Gasteiger partial charge >= 0.3 is 6.18 Å². The molecule has 0 aliphatic rings. The van der Waals surface area contributed by atoms with Gasteiger partial charge in [0.25, 0.3) is 0 Å². The molecule has 0 radical (unpaired) electrons. The van der Waals surface area contributed by atoms with Crippen LogP contribution in [0.2, 0.25) is 0 Å². The first-order valence-electron chi connectivity index (χ1n) is 5.31. The predicted molar refractivity (Wildman–Crippen MR) is 60.2 cm³/mol. The van der Waals surface area contributed by atoms with E-state index in [9.17, 15) is 13.2 Å². The fourth-order valence-corrected chi connectivity index (χ4v) is 1.64. The van der Waals surface area contributed by atoms with Crippen molar-refractivity contribution in [1.29, 1.82) is 0 Å². The molecular formula is C12H16F3NO. The quantitative estimate of drug-likeness (QED) is 0.863. The fourth-order valence-electron chi connectivity index (χ4n) is 1.64. The van der Waals surface area contributed by atoms with Gasteiger partial charge < -0.3 is 10.1 Å². The molecule has 0 spiro atoms. The maximum absolute atomic E-state index is 12.3. The summed E-state index contributed by atoms with van der Waals surface area (Å²) in [5.74, 6) is 0.657. The molecule has 0 heterocycles. The van der Waals surface area contributed by atoms with Crippen LogP contribution in [-0.4, -0.2) is 26.4 Å². The van der Waals surface area contributed by atoms with Crippen molar-refractivity contribution >= 4 is 0 Å². The van der Waals surface area contributed by atoms with Crippen molar-refractivity contribution in [2.24, 2.45) is 0 Å². The molecule has 1 rings (SSSR count). The summed E-state index contributed by atoms with van der Waals surface area (Å²) in [6.45, 7) is 0. The zero-order valence-electron chi connectivity index (χ0n) is 9.84. The van der Waals surface area contributed by atoms with Gasteiger partial charge in [-0.2, -0.15) is 13.2 Å². The Bertz CT molecular complexity index is 352. The van der Waals surface area contributed by atoms with Crippen molar-refractivity contribution in [2.45, 2.75) is 25.1 Å². The van der Waals surface area contributed by atoms with Gasteiger partial charge in [0, 0.05) is 6.04 Å². The molecule has 5 heteroatoms. The lowest BCUT2D eigenvalue weighted by Gasteiger charge is -2.18. The van der Waals surface area contributed by atoms with E-state index in [2.05, 4.69) is 5.32 Å². The molecule has 0 fully saturated rings. The van der Waals surface area contributed by atoms with Crippen molar-refractivity contribution in [3.63, 3.8) is 0 Å². The number of nitrogens with one attached hydrogen (secondary N) is 1. The predicted octanol–water partition coefficient (Wildman–Crippen LogP) is 2.78. The molecule has 0 aliphatic carbocycles. The summed E-state index contributed by atoms with van der Waals surface area (Å²) in [6.07, 6.45) is -4.65. The smallest absolute Gasteiger partial charge is 0.390 e. The van der Waals surface area contributed by atoms with Crippen molar-refractivity contribution in [1.82, 2.24) is 5.32 Å². The lowest BCUT2D eigenvalue weighted by Crippen LogP contribution is -2.32. The van der Waals surface area contributed by atoms with Crippen LogP contribution >= 0.6 is 0 Å². The maximum atomic E-state index is 12.3. The van der Waals surface area contributed by atoms with Gasteiger partial charge in [-0.05, 0) is 31.2 Å². The van der Waals surface area contributed by atoms with E-state index in [4.69, 9.17) is 4.74 Å². The number of hydrogen-bond acceptors (Lipinski definition) is 2. The first-order valence-corrected chi connectivity index (χ1v) is 5.31. The van der Waals surface area contributed by atoms with E-state index in [0.29, 0.717) is 12.2 Å². The Balaban J connectivity index is 2.67.